The van der Waals surface area contributed by atoms with Gasteiger partial charge in [0.2, 0.25) is 5.89 Å². The summed E-state index contributed by atoms with van der Waals surface area (Å²) in [6.45, 7) is 0. The van der Waals surface area contributed by atoms with Crippen molar-refractivity contribution in [2.45, 2.75) is 0 Å². The zero-order valence-corrected chi connectivity index (χ0v) is 12.3. The van der Waals surface area contributed by atoms with Crippen LogP contribution in [0, 0.1) is 0 Å². The van der Waals surface area contributed by atoms with Crippen LogP contribution >= 0.6 is 27.5 Å². The predicted octanol–water partition coefficient (Wildman–Crippen LogP) is 4.61. The summed E-state index contributed by atoms with van der Waals surface area (Å²) in [6, 6.07) is 9.88. The fourth-order valence-corrected chi connectivity index (χ4v) is 2.31. The van der Waals surface area contributed by atoms with Crippen LogP contribution in [0.1, 0.15) is 10.4 Å². The van der Waals surface area contributed by atoms with Gasteiger partial charge in [0, 0.05) is 10.0 Å². The van der Waals surface area contributed by atoms with E-state index in [2.05, 4.69) is 20.9 Å². The number of hydrogen-bond donors (Lipinski definition) is 1. The lowest BCUT2D eigenvalue weighted by Gasteiger charge is -1.98. The molecule has 6 heteroatoms. The lowest BCUT2D eigenvalue weighted by atomic mass is 10.2. The number of rotatable bonds is 2. The van der Waals surface area contributed by atoms with Crippen LogP contribution in [0.2, 0.25) is 5.02 Å². The van der Waals surface area contributed by atoms with Crippen molar-refractivity contribution in [1.82, 2.24) is 4.98 Å². The van der Waals surface area contributed by atoms with Gasteiger partial charge in [0.1, 0.15) is 5.52 Å². The Labute approximate surface area is 127 Å². The minimum absolute atomic E-state index is 0.176. The zero-order valence-electron chi connectivity index (χ0n) is 9.93. The van der Waals surface area contributed by atoms with Gasteiger partial charge in [-0.25, -0.2) is 9.78 Å². The summed E-state index contributed by atoms with van der Waals surface area (Å²) in [7, 11) is 0. The number of hydrogen-bond acceptors (Lipinski definition) is 3. The highest BCUT2D eigenvalue weighted by molar-refractivity contribution is 9.10. The molecule has 0 atom stereocenters. The van der Waals surface area contributed by atoms with Crippen LogP contribution in [0.3, 0.4) is 0 Å². The Bertz CT molecular complexity index is 828. The smallest absolute Gasteiger partial charge is 0.335 e. The highest BCUT2D eigenvalue weighted by atomic mass is 79.9. The normalized spacial score (nSPS) is 10.9. The maximum Gasteiger partial charge on any atom is 0.335 e. The third kappa shape index (κ3) is 2.30. The predicted molar refractivity (Wildman–Crippen MR) is 79.1 cm³/mol. The maximum absolute atomic E-state index is 10.9. The number of nitrogens with zero attached hydrogens (tertiary/aromatic N) is 1. The van der Waals surface area contributed by atoms with Crippen molar-refractivity contribution in [1.29, 1.82) is 0 Å². The van der Waals surface area contributed by atoms with E-state index in [9.17, 15) is 4.79 Å². The Hall–Kier alpha value is -1.85. The van der Waals surface area contributed by atoms with Crippen molar-refractivity contribution in [2.75, 3.05) is 0 Å². The highest BCUT2D eigenvalue weighted by Crippen LogP contribution is 2.30. The number of carboxylic acids is 1. The number of halogens is 2. The van der Waals surface area contributed by atoms with Gasteiger partial charge in [-0.1, -0.05) is 11.6 Å². The second-order valence-corrected chi connectivity index (χ2v) is 5.40. The Kier molecular flexibility index (Phi) is 3.23. The topological polar surface area (TPSA) is 63.3 Å². The van der Waals surface area contributed by atoms with Crippen LogP contribution in [-0.2, 0) is 0 Å². The molecule has 100 valence electrons. The summed E-state index contributed by atoms with van der Waals surface area (Å²) in [5.41, 5.74) is 1.98. The molecular weight excluding hydrogens is 346 g/mol. The molecule has 0 spiro atoms. The SMILES string of the molecule is O=C(O)c1ccc2oc(-c3ccc(Cl)c(Br)c3)nc2c1. The molecule has 0 aliphatic rings. The van der Waals surface area contributed by atoms with Crippen molar-refractivity contribution >= 4 is 44.6 Å². The molecule has 1 heterocycles. The van der Waals surface area contributed by atoms with E-state index in [-0.39, 0.29) is 5.56 Å². The molecule has 0 amide bonds. The van der Waals surface area contributed by atoms with E-state index < -0.39 is 5.97 Å². The molecule has 1 aromatic heterocycles. The number of aromatic carboxylic acids is 1. The second kappa shape index (κ2) is 4.92. The van der Waals surface area contributed by atoms with Crippen LogP contribution in [0.25, 0.3) is 22.6 Å². The fourth-order valence-electron chi connectivity index (χ4n) is 1.81. The molecule has 3 aromatic rings. The monoisotopic (exact) mass is 351 g/mol. The van der Waals surface area contributed by atoms with Crippen LogP contribution in [0.15, 0.2) is 45.3 Å². The second-order valence-electron chi connectivity index (χ2n) is 4.14. The number of fused-ring (bicyclic) bond motifs is 1. The average molecular weight is 353 g/mol. The zero-order chi connectivity index (χ0) is 14.3. The molecule has 0 aliphatic heterocycles. The molecule has 0 radical (unpaired) electrons. The number of oxazole rings is 1. The maximum atomic E-state index is 10.9. The van der Waals surface area contributed by atoms with Crippen molar-refractivity contribution in [3.05, 3.63) is 51.5 Å². The molecule has 20 heavy (non-hydrogen) atoms. The molecule has 0 fully saturated rings. The van der Waals surface area contributed by atoms with E-state index in [4.69, 9.17) is 21.1 Å². The van der Waals surface area contributed by atoms with Gasteiger partial charge in [-0.05, 0) is 52.3 Å². The molecule has 0 saturated heterocycles. The first-order chi connectivity index (χ1) is 9.54. The summed E-state index contributed by atoms with van der Waals surface area (Å²) in [5.74, 6) is -0.578. The van der Waals surface area contributed by atoms with Gasteiger partial charge in [0.15, 0.2) is 5.58 Å². The van der Waals surface area contributed by atoms with Crippen molar-refractivity contribution in [3.63, 3.8) is 0 Å². The van der Waals surface area contributed by atoms with Crippen LogP contribution in [0.5, 0.6) is 0 Å². The first-order valence-corrected chi connectivity index (χ1v) is 6.81. The van der Waals surface area contributed by atoms with Crippen molar-refractivity contribution < 1.29 is 14.3 Å². The third-order valence-corrected chi connectivity index (χ3v) is 4.02. The van der Waals surface area contributed by atoms with Gasteiger partial charge in [-0.3, -0.25) is 0 Å². The Balaban J connectivity index is 2.12. The Morgan fingerprint density at radius 2 is 2.05 bits per heavy atom. The largest absolute Gasteiger partial charge is 0.478 e. The van der Waals surface area contributed by atoms with Crippen molar-refractivity contribution in [3.8, 4) is 11.5 Å². The summed E-state index contributed by atoms with van der Waals surface area (Å²) in [4.78, 5) is 15.2. The minimum atomic E-state index is -0.995. The van der Waals surface area contributed by atoms with E-state index in [1.165, 1.54) is 12.1 Å². The molecule has 3 rings (SSSR count). The molecule has 4 nitrogen and oxygen atoms in total. The summed E-state index contributed by atoms with van der Waals surface area (Å²) in [5, 5.41) is 9.55. The number of aromatic nitrogens is 1. The lowest BCUT2D eigenvalue weighted by Crippen LogP contribution is -1.94. The molecule has 0 unspecified atom stereocenters. The molecule has 0 saturated carbocycles. The Morgan fingerprint density at radius 1 is 1.25 bits per heavy atom. The summed E-state index contributed by atoms with van der Waals surface area (Å²) in [6.07, 6.45) is 0. The molecule has 0 aliphatic carbocycles. The van der Waals surface area contributed by atoms with Gasteiger partial charge in [-0.15, -0.1) is 0 Å². The lowest BCUT2D eigenvalue weighted by molar-refractivity contribution is 0.0697. The molecular formula is C14H7BrClNO3. The quantitative estimate of drug-likeness (QED) is 0.731. The third-order valence-electron chi connectivity index (χ3n) is 2.80. The van der Waals surface area contributed by atoms with Gasteiger partial charge >= 0.3 is 5.97 Å². The van der Waals surface area contributed by atoms with Crippen LogP contribution in [0.4, 0.5) is 0 Å². The minimum Gasteiger partial charge on any atom is -0.478 e. The highest BCUT2D eigenvalue weighted by Gasteiger charge is 2.12. The van der Waals surface area contributed by atoms with Crippen LogP contribution < -0.4 is 0 Å². The number of carbonyl (C=O) groups is 1. The average Bonchev–Trinajstić information content (AvgIpc) is 2.84. The van der Waals surface area contributed by atoms with E-state index in [0.29, 0.717) is 22.0 Å². The molecule has 2 aromatic carbocycles. The molecule has 1 N–H and O–H groups in total. The molecule has 0 bridgehead atoms. The first-order valence-electron chi connectivity index (χ1n) is 5.64. The fraction of sp³-hybridized carbons (Fsp3) is 0. The standard InChI is InChI=1S/C14H7BrClNO3/c15-9-5-7(1-3-10(9)16)13-17-11-6-8(14(18)19)2-4-12(11)20-13/h1-6H,(H,18,19). The number of carboxylic acid groups (broad SMARTS) is 1. The van der Waals surface area contributed by atoms with Gasteiger partial charge in [0.05, 0.1) is 10.6 Å². The van der Waals surface area contributed by atoms with Crippen molar-refractivity contribution in [2.24, 2.45) is 0 Å². The van der Waals surface area contributed by atoms with E-state index >= 15 is 0 Å². The summed E-state index contributed by atoms with van der Waals surface area (Å²) < 4.78 is 6.36. The van der Waals surface area contributed by atoms with E-state index in [1.54, 1.807) is 24.3 Å². The summed E-state index contributed by atoms with van der Waals surface area (Å²) >= 11 is 9.28. The van der Waals surface area contributed by atoms with Gasteiger partial charge < -0.3 is 9.52 Å². The van der Waals surface area contributed by atoms with E-state index in [1.807, 2.05) is 0 Å². The van der Waals surface area contributed by atoms with Crippen LogP contribution in [-0.4, -0.2) is 16.1 Å². The van der Waals surface area contributed by atoms with Gasteiger partial charge in [-0.2, -0.15) is 0 Å². The van der Waals surface area contributed by atoms with Gasteiger partial charge in [0.25, 0.3) is 0 Å². The first kappa shape index (κ1) is 13.1. The number of benzene rings is 2. The Morgan fingerprint density at radius 3 is 2.75 bits per heavy atom. The van der Waals surface area contributed by atoms with E-state index in [0.717, 1.165) is 10.0 Å².